The molecule has 2 rings (SSSR count). The van der Waals surface area contributed by atoms with Crippen LogP contribution in [0.5, 0.6) is 0 Å². The van der Waals surface area contributed by atoms with Crippen molar-refractivity contribution in [2.24, 2.45) is 0 Å². The van der Waals surface area contributed by atoms with Crippen LogP contribution in [0.2, 0.25) is 5.02 Å². The molecule has 1 aliphatic rings. The van der Waals surface area contributed by atoms with E-state index in [0.717, 1.165) is 25.9 Å². The molecule has 0 bridgehead atoms. The van der Waals surface area contributed by atoms with Crippen molar-refractivity contribution in [2.45, 2.75) is 25.3 Å². The molecule has 132 valence electrons. The summed E-state index contributed by atoms with van der Waals surface area (Å²) in [5, 5.41) is 12.3. The Kier molecular flexibility index (Phi) is 7.02. The van der Waals surface area contributed by atoms with Crippen LogP contribution < -0.4 is 5.32 Å². The minimum absolute atomic E-state index is 0.0256. The summed E-state index contributed by atoms with van der Waals surface area (Å²) in [5.74, 6) is -0.819. The van der Waals surface area contributed by atoms with Crippen molar-refractivity contribution in [1.29, 1.82) is 0 Å². The van der Waals surface area contributed by atoms with Crippen LogP contribution in [0.3, 0.4) is 0 Å². The molecule has 1 aromatic carbocycles. The van der Waals surface area contributed by atoms with Crippen molar-refractivity contribution in [3.8, 4) is 0 Å². The van der Waals surface area contributed by atoms with Gasteiger partial charge in [-0.25, -0.2) is 0 Å². The lowest BCUT2D eigenvalue weighted by molar-refractivity contribution is -0.138. The van der Waals surface area contributed by atoms with Crippen molar-refractivity contribution >= 4 is 29.2 Å². The molecule has 7 heteroatoms. The number of halogens is 1. The van der Waals surface area contributed by atoms with Crippen molar-refractivity contribution in [3.05, 3.63) is 29.3 Å². The van der Waals surface area contributed by atoms with Gasteiger partial charge in [0, 0.05) is 29.7 Å². The SMILES string of the molecule is CN(CC(=O)O)C1CCN(CCC(=O)Nc2cccc(Cl)c2)CC1. The number of piperidine rings is 1. The third-order valence-corrected chi connectivity index (χ3v) is 4.56. The largest absolute Gasteiger partial charge is 0.480 e. The lowest BCUT2D eigenvalue weighted by Crippen LogP contribution is -2.45. The molecule has 1 heterocycles. The molecule has 1 amide bonds. The summed E-state index contributed by atoms with van der Waals surface area (Å²) < 4.78 is 0. The minimum Gasteiger partial charge on any atom is -0.480 e. The van der Waals surface area contributed by atoms with Crippen LogP contribution in [0.4, 0.5) is 5.69 Å². The fraction of sp³-hybridized carbons (Fsp3) is 0.529. The van der Waals surface area contributed by atoms with Crippen molar-refractivity contribution < 1.29 is 14.7 Å². The predicted molar refractivity (Wildman–Crippen MR) is 94.4 cm³/mol. The zero-order chi connectivity index (χ0) is 17.5. The number of nitrogens with one attached hydrogen (secondary N) is 1. The number of rotatable bonds is 7. The number of carboxylic acids is 1. The number of likely N-dealkylation sites (tertiary alicyclic amines) is 1. The Morgan fingerprint density at radius 2 is 2.08 bits per heavy atom. The summed E-state index contributed by atoms with van der Waals surface area (Å²) in [6.45, 7) is 2.56. The van der Waals surface area contributed by atoms with Gasteiger partial charge in [0.2, 0.25) is 5.91 Å². The van der Waals surface area contributed by atoms with Crippen LogP contribution in [0, 0.1) is 0 Å². The lowest BCUT2D eigenvalue weighted by Gasteiger charge is -2.36. The topological polar surface area (TPSA) is 72.9 Å². The number of hydrogen-bond acceptors (Lipinski definition) is 4. The molecule has 0 aliphatic carbocycles. The molecular formula is C17H24ClN3O3. The summed E-state index contributed by atoms with van der Waals surface area (Å²) in [5.41, 5.74) is 0.710. The van der Waals surface area contributed by atoms with Gasteiger partial charge in [0.25, 0.3) is 0 Å². The van der Waals surface area contributed by atoms with E-state index in [0.29, 0.717) is 29.7 Å². The molecule has 0 spiro atoms. The van der Waals surface area contributed by atoms with Crippen molar-refractivity contribution in [1.82, 2.24) is 9.80 Å². The first-order valence-corrected chi connectivity index (χ1v) is 8.51. The van der Waals surface area contributed by atoms with Gasteiger partial charge in [-0.15, -0.1) is 0 Å². The van der Waals surface area contributed by atoms with Crippen LogP contribution >= 0.6 is 11.6 Å². The zero-order valence-corrected chi connectivity index (χ0v) is 14.6. The minimum atomic E-state index is -0.794. The number of aliphatic carboxylic acids is 1. The normalized spacial score (nSPS) is 16.3. The molecule has 1 aliphatic heterocycles. The molecule has 2 N–H and O–H groups in total. The van der Waals surface area contributed by atoms with Crippen LogP contribution in [-0.2, 0) is 9.59 Å². The molecule has 0 atom stereocenters. The van der Waals surface area contributed by atoms with E-state index in [2.05, 4.69) is 10.2 Å². The summed E-state index contributed by atoms with van der Waals surface area (Å²) >= 11 is 5.90. The second kappa shape index (κ2) is 9.01. The second-order valence-electron chi connectivity index (χ2n) is 6.19. The molecule has 1 aromatic rings. The smallest absolute Gasteiger partial charge is 0.317 e. The van der Waals surface area contributed by atoms with E-state index in [1.807, 2.05) is 18.0 Å². The zero-order valence-electron chi connectivity index (χ0n) is 13.9. The first kappa shape index (κ1) is 18.7. The third kappa shape index (κ3) is 6.11. The number of benzene rings is 1. The van der Waals surface area contributed by atoms with E-state index in [9.17, 15) is 9.59 Å². The third-order valence-electron chi connectivity index (χ3n) is 4.33. The van der Waals surface area contributed by atoms with Gasteiger partial charge in [0.05, 0.1) is 6.54 Å². The quantitative estimate of drug-likeness (QED) is 0.785. The number of carboxylic acid groups (broad SMARTS) is 1. The van der Waals surface area contributed by atoms with Gasteiger partial charge in [-0.05, 0) is 51.2 Å². The van der Waals surface area contributed by atoms with E-state index in [1.165, 1.54) is 0 Å². The molecule has 0 unspecified atom stereocenters. The summed E-state index contributed by atoms with van der Waals surface area (Å²) in [7, 11) is 1.85. The molecule has 0 aromatic heterocycles. The van der Waals surface area contributed by atoms with Gasteiger partial charge < -0.3 is 15.3 Å². The molecule has 1 fully saturated rings. The number of amides is 1. The van der Waals surface area contributed by atoms with Gasteiger partial charge in [0.1, 0.15) is 0 Å². The number of carbonyl (C=O) groups excluding carboxylic acids is 1. The van der Waals surface area contributed by atoms with E-state index < -0.39 is 5.97 Å². The molecule has 6 nitrogen and oxygen atoms in total. The monoisotopic (exact) mass is 353 g/mol. The maximum atomic E-state index is 12.0. The Bertz CT molecular complexity index is 574. The standard InChI is InChI=1S/C17H24ClN3O3/c1-20(12-17(23)24)15-5-8-21(9-6-15)10-7-16(22)19-14-4-2-3-13(18)11-14/h2-4,11,15H,5-10,12H2,1H3,(H,19,22)(H,23,24). The number of carbonyl (C=O) groups is 2. The number of likely N-dealkylation sites (N-methyl/N-ethyl adjacent to an activating group) is 1. The average Bonchev–Trinajstić information content (AvgIpc) is 2.53. The summed E-state index contributed by atoms with van der Waals surface area (Å²) in [6, 6.07) is 7.41. The lowest BCUT2D eigenvalue weighted by atomic mass is 10.0. The fourth-order valence-corrected chi connectivity index (χ4v) is 3.17. The van der Waals surface area contributed by atoms with Gasteiger partial charge in [0.15, 0.2) is 0 Å². The highest BCUT2D eigenvalue weighted by Crippen LogP contribution is 2.17. The van der Waals surface area contributed by atoms with Gasteiger partial charge in [-0.3, -0.25) is 14.5 Å². The first-order chi connectivity index (χ1) is 11.4. The van der Waals surface area contributed by atoms with Crippen LogP contribution in [0.1, 0.15) is 19.3 Å². The maximum Gasteiger partial charge on any atom is 0.317 e. The number of anilines is 1. The highest BCUT2D eigenvalue weighted by molar-refractivity contribution is 6.30. The maximum absolute atomic E-state index is 12.0. The van der Waals surface area contributed by atoms with E-state index in [-0.39, 0.29) is 12.5 Å². The Balaban J connectivity index is 1.68. The summed E-state index contributed by atoms with van der Waals surface area (Å²) in [4.78, 5) is 26.9. The Morgan fingerprint density at radius 1 is 1.38 bits per heavy atom. The van der Waals surface area contributed by atoms with Crippen LogP contribution in [0.15, 0.2) is 24.3 Å². The molecule has 0 saturated carbocycles. The van der Waals surface area contributed by atoms with Gasteiger partial charge in [-0.1, -0.05) is 17.7 Å². The van der Waals surface area contributed by atoms with Crippen molar-refractivity contribution in [2.75, 3.05) is 38.5 Å². The number of nitrogens with zero attached hydrogens (tertiary/aromatic N) is 2. The van der Waals surface area contributed by atoms with Crippen LogP contribution in [-0.4, -0.2) is 66.1 Å². The summed E-state index contributed by atoms with van der Waals surface area (Å²) in [6.07, 6.45) is 2.29. The highest BCUT2D eigenvalue weighted by atomic mass is 35.5. The Labute approximate surface area is 147 Å². The first-order valence-electron chi connectivity index (χ1n) is 8.14. The van der Waals surface area contributed by atoms with Gasteiger partial charge in [-0.2, -0.15) is 0 Å². The van der Waals surface area contributed by atoms with E-state index in [1.54, 1.807) is 18.2 Å². The van der Waals surface area contributed by atoms with E-state index >= 15 is 0 Å². The average molecular weight is 354 g/mol. The number of hydrogen-bond donors (Lipinski definition) is 2. The van der Waals surface area contributed by atoms with E-state index in [4.69, 9.17) is 16.7 Å². The van der Waals surface area contributed by atoms with Crippen LogP contribution in [0.25, 0.3) is 0 Å². The second-order valence-corrected chi connectivity index (χ2v) is 6.63. The molecule has 1 saturated heterocycles. The molecular weight excluding hydrogens is 330 g/mol. The molecule has 0 radical (unpaired) electrons. The van der Waals surface area contributed by atoms with Crippen molar-refractivity contribution in [3.63, 3.8) is 0 Å². The highest BCUT2D eigenvalue weighted by Gasteiger charge is 2.23. The molecule has 24 heavy (non-hydrogen) atoms. The van der Waals surface area contributed by atoms with Gasteiger partial charge >= 0.3 is 5.97 Å². The fourth-order valence-electron chi connectivity index (χ4n) is 2.98. The Hall–Kier alpha value is -1.63. The Morgan fingerprint density at radius 3 is 2.71 bits per heavy atom. The predicted octanol–water partition coefficient (Wildman–Crippen LogP) is 2.15.